The second-order valence-corrected chi connectivity index (χ2v) is 5.15. The number of carboxylic acids is 1. The maximum Gasteiger partial charge on any atom is 0.308 e. The molecule has 1 amide bonds. The van der Waals surface area contributed by atoms with Crippen LogP contribution < -0.4 is 5.32 Å². The van der Waals surface area contributed by atoms with Crippen LogP contribution in [0.1, 0.15) is 49.3 Å². The number of carbonyl (C=O) groups excluding carboxylic acids is 1. The summed E-state index contributed by atoms with van der Waals surface area (Å²) in [5, 5.41) is 16.3. The monoisotopic (exact) mass is 279 g/mol. The lowest BCUT2D eigenvalue weighted by molar-refractivity contribution is -0.142. The van der Waals surface area contributed by atoms with Gasteiger partial charge in [0.15, 0.2) is 0 Å². The Bertz CT molecular complexity index is 510. The topological polar surface area (TPSA) is 84.2 Å². The standard InChI is InChI=1S/C14H21N3O3/c1-3-9-8-12(17(4-2)16-9)13(18)15-11-7-5-6-10(11)14(19)20/h8,10-11H,3-7H2,1-2H3,(H,15,18)(H,19,20). The summed E-state index contributed by atoms with van der Waals surface area (Å²) in [6.45, 7) is 4.54. The number of hydrogen-bond donors (Lipinski definition) is 2. The van der Waals surface area contributed by atoms with Crippen LogP contribution in [0, 0.1) is 5.92 Å². The number of amides is 1. The van der Waals surface area contributed by atoms with Crippen LogP contribution in [-0.2, 0) is 17.8 Å². The number of aliphatic carboxylic acids is 1. The fourth-order valence-electron chi connectivity index (χ4n) is 2.74. The molecule has 0 saturated heterocycles. The molecule has 1 fully saturated rings. The first-order chi connectivity index (χ1) is 9.56. The lowest BCUT2D eigenvalue weighted by atomic mass is 10.0. The molecule has 1 aromatic rings. The average molecular weight is 279 g/mol. The lowest BCUT2D eigenvalue weighted by Crippen LogP contribution is -2.40. The number of hydrogen-bond acceptors (Lipinski definition) is 3. The molecule has 1 aliphatic carbocycles. The summed E-state index contributed by atoms with van der Waals surface area (Å²) in [5.41, 5.74) is 1.39. The van der Waals surface area contributed by atoms with E-state index in [1.54, 1.807) is 10.7 Å². The zero-order chi connectivity index (χ0) is 14.7. The molecule has 6 heteroatoms. The quantitative estimate of drug-likeness (QED) is 0.854. The fourth-order valence-corrected chi connectivity index (χ4v) is 2.74. The van der Waals surface area contributed by atoms with Gasteiger partial charge in [0.05, 0.1) is 11.6 Å². The number of nitrogens with one attached hydrogen (secondary N) is 1. The van der Waals surface area contributed by atoms with Crippen molar-refractivity contribution < 1.29 is 14.7 Å². The lowest BCUT2D eigenvalue weighted by Gasteiger charge is -2.17. The summed E-state index contributed by atoms with van der Waals surface area (Å²) in [5.74, 6) is -1.52. The summed E-state index contributed by atoms with van der Waals surface area (Å²) in [7, 11) is 0. The van der Waals surface area contributed by atoms with Crippen molar-refractivity contribution in [2.45, 2.75) is 52.1 Å². The predicted octanol–water partition coefficient (Wildman–Crippen LogP) is 1.45. The summed E-state index contributed by atoms with van der Waals surface area (Å²) < 4.78 is 1.67. The molecule has 0 aliphatic heterocycles. The molecule has 2 rings (SSSR count). The van der Waals surface area contributed by atoms with Crippen molar-refractivity contribution in [2.75, 3.05) is 0 Å². The highest BCUT2D eigenvalue weighted by molar-refractivity contribution is 5.93. The summed E-state index contributed by atoms with van der Waals surface area (Å²) >= 11 is 0. The van der Waals surface area contributed by atoms with E-state index in [9.17, 15) is 9.59 Å². The van der Waals surface area contributed by atoms with Crippen molar-refractivity contribution in [1.29, 1.82) is 0 Å². The van der Waals surface area contributed by atoms with Crippen LogP contribution in [0.2, 0.25) is 0 Å². The van der Waals surface area contributed by atoms with Gasteiger partial charge in [-0.1, -0.05) is 13.3 Å². The minimum Gasteiger partial charge on any atom is -0.481 e. The van der Waals surface area contributed by atoms with Crippen molar-refractivity contribution in [1.82, 2.24) is 15.1 Å². The Morgan fingerprint density at radius 3 is 2.80 bits per heavy atom. The van der Waals surface area contributed by atoms with Gasteiger partial charge in [-0.3, -0.25) is 14.3 Å². The van der Waals surface area contributed by atoms with Gasteiger partial charge in [-0.15, -0.1) is 0 Å². The number of carboxylic acid groups (broad SMARTS) is 1. The Hall–Kier alpha value is -1.85. The van der Waals surface area contributed by atoms with Crippen molar-refractivity contribution >= 4 is 11.9 Å². The Balaban J connectivity index is 2.11. The highest BCUT2D eigenvalue weighted by Gasteiger charge is 2.34. The molecule has 6 nitrogen and oxygen atoms in total. The van der Waals surface area contributed by atoms with Crippen molar-refractivity contribution in [3.63, 3.8) is 0 Å². The van der Waals surface area contributed by atoms with Crippen molar-refractivity contribution in [2.24, 2.45) is 5.92 Å². The van der Waals surface area contributed by atoms with Crippen LogP contribution in [0.25, 0.3) is 0 Å². The van der Waals surface area contributed by atoms with E-state index in [1.165, 1.54) is 0 Å². The third-order valence-corrected chi connectivity index (χ3v) is 3.87. The molecule has 110 valence electrons. The van der Waals surface area contributed by atoms with Gasteiger partial charge in [0, 0.05) is 12.6 Å². The Labute approximate surface area is 118 Å². The van der Waals surface area contributed by atoms with E-state index >= 15 is 0 Å². The van der Waals surface area contributed by atoms with E-state index in [0.717, 1.165) is 25.0 Å². The molecule has 1 aliphatic rings. The van der Waals surface area contributed by atoms with E-state index < -0.39 is 11.9 Å². The van der Waals surface area contributed by atoms with Crippen LogP contribution in [0.4, 0.5) is 0 Å². The normalized spacial score (nSPS) is 21.9. The summed E-state index contributed by atoms with van der Waals surface area (Å²) in [6, 6.07) is 1.51. The van der Waals surface area contributed by atoms with Gasteiger partial charge in [0.2, 0.25) is 0 Å². The fraction of sp³-hybridized carbons (Fsp3) is 0.643. The van der Waals surface area contributed by atoms with Crippen molar-refractivity contribution in [3.05, 3.63) is 17.5 Å². The minimum absolute atomic E-state index is 0.225. The van der Waals surface area contributed by atoms with Gasteiger partial charge in [0.25, 0.3) is 5.91 Å². The number of aromatic nitrogens is 2. The van der Waals surface area contributed by atoms with E-state index in [1.807, 2.05) is 13.8 Å². The number of nitrogens with zero attached hydrogens (tertiary/aromatic N) is 2. The zero-order valence-corrected chi connectivity index (χ0v) is 11.9. The molecule has 20 heavy (non-hydrogen) atoms. The Morgan fingerprint density at radius 2 is 2.20 bits per heavy atom. The maximum absolute atomic E-state index is 12.3. The third kappa shape index (κ3) is 2.84. The Kier molecular flexibility index (Phi) is 4.42. The molecule has 2 N–H and O–H groups in total. The van der Waals surface area contributed by atoms with Gasteiger partial charge in [-0.25, -0.2) is 0 Å². The largest absolute Gasteiger partial charge is 0.481 e. The molecule has 1 aromatic heterocycles. The van der Waals surface area contributed by atoms with Crippen molar-refractivity contribution in [3.8, 4) is 0 Å². The molecule has 1 saturated carbocycles. The van der Waals surface area contributed by atoms with E-state index in [2.05, 4.69) is 10.4 Å². The minimum atomic E-state index is -0.828. The van der Waals surface area contributed by atoms with Gasteiger partial charge < -0.3 is 10.4 Å². The molecular weight excluding hydrogens is 258 g/mol. The first kappa shape index (κ1) is 14.6. The third-order valence-electron chi connectivity index (χ3n) is 3.87. The summed E-state index contributed by atoms with van der Waals surface area (Å²) in [4.78, 5) is 23.4. The van der Waals surface area contributed by atoms with Gasteiger partial charge >= 0.3 is 5.97 Å². The number of rotatable bonds is 5. The van der Waals surface area contributed by atoms with E-state index in [-0.39, 0.29) is 11.9 Å². The van der Waals surface area contributed by atoms with Crippen LogP contribution >= 0.6 is 0 Å². The highest BCUT2D eigenvalue weighted by atomic mass is 16.4. The Morgan fingerprint density at radius 1 is 1.45 bits per heavy atom. The van der Waals surface area contributed by atoms with E-state index in [4.69, 9.17) is 5.11 Å². The van der Waals surface area contributed by atoms with Gasteiger partial charge in [-0.2, -0.15) is 5.10 Å². The SMILES string of the molecule is CCc1cc(C(=O)NC2CCCC2C(=O)O)n(CC)n1. The number of carbonyl (C=O) groups is 2. The number of aryl methyl sites for hydroxylation is 2. The molecule has 0 spiro atoms. The summed E-state index contributed by atoms with van der Waals surface area (Å²) in [6.07, 6.45) is 2.97. The second-order valence-electron chi connectivity index (χ2n) is 5.15. The molecule has 2 unspecified atom stereocenters. The molecule has 0 bridgehead atoms. The molecule has 0 radical (unpaired) electrons. The maximum atomic E-state index is 12.3. The molecule has 0 aromatic carbocycles. The zero-order valence-electron chi connectivity index (χ0n) is 11.9. The molecule has 2 atom stereocenters. The smallest absolute Gasteiger partial charge is 0.308 e. The molecule has 1 heterocycles. The average Bonchev–Trinajstić information content (AvgIpc) is 3.03. The van der Waals surface area contributed by atoms with Gasteiger partial charge in [0.1, 0.15) is 5.69 Å². The first-order valence-corrected chi connectivity index (χ1v) is 7.17. The first-order valence-electron chi connectivity index (χ1n) is 7.17. The molecular formula is C14H21N3O3. The van der Waals surface area contributed by atoms with E-state index in [0.29, 0.717) is 18.7 Å². The van der Waals surface area contributed by atoms with Crippen LogP contribution in [0.5, 0.6) is 0 Å². The predicted molar refractivity (Wildman–Crippen MR) is 73.5 cm³/mol. The van der Waals surface area contributed by atoms with Gasteiger partial charge in [-0.05, 0) is 32.3 Å². The highest BCUT2D eigenvalue weighted by Crippen LogP contribution is 2.26. The van der Waals surface area contributed by atoms with Crippen LogP contribution in [-0.4, -0.2) is 32.8 Å². The second kappa shape index (κ2) is 6.07. The van der Waals surface area contributed by atoms with Crippen LogP contribution in [0.15, 0.2) is 6.07 Å². The van der Waals surface area contributed by atoms with Crippen LogP contribution in [0.3, 0.4) is 0 Å².